The molecule has 1 atom stereocenters. The van der Waals surface area contributed by atoms with Crippen molar-refractivity contribution < 1.29 is 19.1 Å². The smallest absolute Gasteiger partial charge is 0.410 e. The number of nitrogens with zero attached hydrogens (tertiary/aromatic N) is 3. The minimum atomic E-state index is -0.394. The number of ether oxygens (including phenoxy) is 2. The van der Waals surface area contributed by atoms with E-state index in [4.69, 9.17) is 21.1 Å². The highest BCUT2D eigenvalue weighted by molar-refractivity contribution is 6.30. The summed E-state index contributed by atoms with van der Waals surface area (Å²) in [6.07, 6.45) is 3.85. The van der Waals surface area contributed by atoms with E-state index in [-0.39, 0.29) is 18.0 Å². The van der Waals surface area contributed by atoms with Crippen molar-refractivity contribution in [3.63, 3.8) is 0 Å². The van der Waals surface area contributed by atoms with E-state index in [1.807, 2.05) is 68.1 Å². The predicted molar refractivity (Wildman–Crippen MR) is 160 cm³/mol. The number of hydrogen-bond donors (Lipinski definition) is 0. The maximum absolute atomic E-state index is 12.4. The van der Waals surface area contributed by atoms with Gasteiger partial charge < -0.3 is 24.2 Å². The largest absolute Gasteiger partial charge is 0.497 e. The highest BCUT2D eigenvalue weighted by atomic mass is 35.5. The Hall–Kier alpha value is -2.77. The second-order valence-electron chi connectivity index (χ2n) is 10.9. The number of carbonyl (C=O) groups excluding carboxylic acids is 2. The van der Waals surface area contributed by atoms with E-state index in [1.54, 1.807) is 18.9 Å². The lowest BCUT2D eigenvalue weighted by atomic mass is 9.98. The minimum absolute atomic E-state index is 0.0150. The number of amides is 2. The lowest BCUT2D eigenvalue weighted by Gasteiger charge is -2.32. The Morgan fingerprint density at radius 2 is 1.74 bits per heavy atom. The second-order valence-corrected chi connectivity index (χ2v) is 11.4. The first-order chi connectivity index (χ1) is 18.4. The molecule has 1 fully saturated rings. The van der Waals surface area contributed by atoms with Crippen molar-refractivity contribution in [3.8, 4) is 5.75 Å². The third-order valence-electron chi connectivity index (χ3n) is 6.44. The first kappa shape index (κ1) is 32.4. The van der Waals surface area contributed by atoms with Crippen LogP contribution in [0.5, 0.6) is 5.75 Å². The van der Waals surface area contributed by atoms with Crippen molar-refractivity contribution in [1.29, 1.82) is 0 Å². The van der Waals surface area contributed by atoms with Gasteiger partial charge in [-0.05, 0) is 89.2 Å². The Bertz CT molecular complexity index is 1040. The summed E-state index contributed by atoms with van der Waals surface area (Å²) in [4.78, 5) is 30.1. The number of likely N-dealkylation sites (N-methyl/N-ethyl adjacent to an activating group) is 1. The number of unbranched alkanes of at least 4 members (excludes halogenated alkanes) is 1. The lowest BCUT2D eigenvalue weighted by molar-refractivity contribution is -0.117. The van der Waals surface area contributed by atoms with Crippen molar-refractivity contribution >= 4 is 29.3 Å². The van der Waals surface area contributed by atoms with Gasteiger partial charge in [-0.25, -0.2) is 4.79 Å². The summed E-state index contributed by atoms with van der Waals surface area (Å²) < 4.78 is 10.7. The molecule has 0 radical (unpaired) electrons. The van der Waals surface area contributed by atoms with Gasteiger partial charge in [-0.3, -0.25) is 4.79 Å². The number of rotatable bonds is 7. The molecule has 216 valence electrons. The van der Waals surface area contributed by atoms with Crippen molar-refractivity contribution in [2.75, 3.05) is 45.2 Å². The van der Waals surface area contributed by atoms with E-state index in [9.17, 15) is 9.59 Å². The highest BCUT2D eigenvalue weighted by Gasteiger charge is 2.25. The monoisotopic (exact) mass is 559 g/mol. The summed E-state index contributed by atoms with van der Waals surface area (Å²) in [5.74, 6) is 0.815. The zero-order valence-electron chi connectivity index (χ0n) is 24.7. The van der Waals surface area contributed by atoms with Gasteiger partial charge in [-0.2, -0.15) is 0 Å². The van der Waals surface area contributed by atoms with E-state index >= 15 is 0 Å². The van der Waals surface area contributed by atoms with E-state index < -0.39 is 5.60 Å². The molecule has 2 aromatic carbocycles. The molecule has 0 bridgehead atoms. The maximum Gasteiger partial charge on any atom is 0.410 e. The highest BCUT2D eigenvalue weighted by Crippen LogP contribution is 2.33. The fourth-order valence-corrected chi connectivity index (χ4v) is 4.56. The fraction of sp³-hybridized carbons (Fsp3) is 0.548. The Balaban J connectivity index is 0.000000306. The van der Waals surface area contributed by atoms with Gasteiger partial charge in [0.2, 0.25) is 5.91 Å². The molecule has 1 heterocycles. The van der Waals surface area contributed by atoms with Gasteiger partial charge in [-0.1, -0.05) is 43.5 Å². The molecule has 0 N–H and O–H groups in total. The Morgan fingerprint density at radius 1 is 1.05 bits per heavy atom. The van der Waals surface area contributed by atoms with Crippen LogP contribution < -0.4 is 9.64 Å². The van der Waals surface area contributed by atoms with Crippen molar-refractivity contribution in [3.05, 3.63) is 59.1 Å². The van der Waals surface area contributed by atoms with Gasteiger partial charge in [0.15, 0.2) is 0 Å². The molecular formula is C31H46ClN3O4. The van der Waals surface area contributed by atoms with Crippen LogP contribution in [0.25, 0.3) is 0 Å². The average molecular weight is 560 g/mol. The Kier molecular flexibility index (Phi) is 13.1. The quantitative estimate of drug-likeness (QED) is 0.359. The molecule has 0 aliphatic carbocycles. The molecule has 8 heteroatoms. The van der Waals surface area contributed by atoms with Gasteiger partial charge in [0, 0.05) is 37.3 Å². The SMILES string of the molecule is CCCC[C@H](c1cccc(OC)c1)N(C(C)=O)c1ccc(Cl)cc1.CN1CCCN(C(=O)OC(C)(C)C)CC1. The number of anilines is 1. The Morgan fingerprint density at radius 3 is 2.33 bits per heavy atom. The molecule has 0 unspecified atom stereocenters. The zero-order chi connectivity index (χ0) is 29.0. The number of benzene rings is 2. The van der Waals surface area contributed by atoms with Crippen LogP contribution in [-0.2, 0) is 9.53 Å². The van der Waals surface area contributed by atoms with Gasteiger partial charge in [-0.15, -0.1) is 0 Å². The van der Waals surface area contributed by atoms with Crippen molar-refractivity contribution in [2.45, 2.75) is 71.9 Å². The fourth-order valence-electron chi connectivity index (χ4n) is 4.43. The molecular weight excluding hydrogens is 514 g/mol. The average Bonchev–Trinajstić information content (AvgIpc) is 3.11. The summed E-state index contributed by atoms with van der Waals surface area (Å²) in [5.41, 5.74) is 1.54. The van der Waals surface area contributed by atoms with Crippen LogP contribution in [0.2, 0.25) is 5.02 Å². The van der Waals surface area contributed by atoms with E-state index in [1.165, 1.54) is 0 Å². The van der Waals surface area contributed by atoms with Gasteiger partial charge in [0.05, 0.1) is 13.2 Å². The van der Waals surface area contributed by atoms with Crippen LogP contribution in [0, 0.1) is 0 Å². The van der Waals surface area contributed by atoms with Gasteiger partial charge in [0.25, 0.3) is 0 Å². The van der Waals surface area contributed by atoms with Gasteiger partial charge >= 0.3 is 6.09 Å². The predicted octanol–water partition coefficient (Wildman–Crippen LogP) is 7.19. The van der Waals surface area contributed by atoms with Crippen LogP contribution in [0.15, 0.2) is 48.5 Å². The molecule has 7 nitrogen and oxygen atoms in total. The molecule has 0 saturated carbocycles. The summed E-state index contributed by atoms with van der Waals surface area (Å²) in [6.45, 7) is 13.0. The summed E-state index contributed by atoms with van der Waals surface area (Å²) >= 11 is 6.00. The standard InChI is InChI=1S/C20H24ClNO2.C11H22N2O2/c1-4-5-9-20(16-7-6-8-19(14-16)24-3)22(15(2)23)18-12-10-17(21)11-13-18;1-11(2,3)15-10(14)13-7-5-6-12(4)8-9-13/h6-8,10-14,20H,4-5,9H2,1-3H3;5-9H2,1-4H3/t20-;/m1./s1. The van der Waals surface area contributed by atoms with Crippen molar-refractivity contribution in [1.82, 2.24) is 9.80 Å². The molecule has 39 heavy (non-hydrogen) atoms. The number of halogens is 1. The van der Waals surface area contributed by atoms with E-state index in [0.717, 1.165) is 68.9 Å². The molecule has 2 aromatic rings. The topological polar surface area (TPSA) is 62.3 Å². The molecule has 0 spiro atoms. The first-order valence-corrected chi connectivity index (χ1v) is 14.2. The summed E-state index contributed by atoms with van der Waals surface area (Å²) in [6, 6.07) is 15.3. The minimum Gasteiger partial charge on any atom is -0.497 e. The molecule has 1 aliphatic heterocycles. The van der Waals surface area contributed by atoms with Crippen LogP contribution in [0.1, 0.15) is 71.9 Å². The first-order valence-electron chi connectivity index (χ1n) is 13.8. The summed E-state index contributed by atoms with van der Waals surface area (Å²) in [7, 11) is 3.74. The second kappa shape index (κ2) is 15.7. The van der Waals surface area contributed by atoms with Crippen LogP contribution in [0.3, 0.4) is 0 Å². The molecule has 1 saturated heterocycles. The normalized spacial score (nSPS) is 14.9. The molecule has 1 aliphatic rings. The van der Waals surface area contributed by atoms with Crippen molar-refractivity contribution in [2.24, 2.45) is 0 Å². The molecule has 3 rings (SSSR count). The summed E-state index contributed by atoms with van der Waals surface area (Å²) in [5, 5.41) is 0.661. The van der Waals surface area contributed by atoms with Crippen LogP contribution >= 0.6 is 11.6 Å². The number of hydrogen-bond acceptors (Lipinski definition) is 5. The van der Waals surface area contributed by atoms with Crippen LogP contribution in [-0.4, -0.2) is 67.7 Å². The van der Waals surface area contributed by atoms with E-state index in [2.05, 4.69) is 24.9 Å². The van der Waals surface area contributed by atoms with E-state index in [0.29, 0.717) is 5.02 Å². The number of methoxy groups -OCH3 is 1. The third kappa shape index (κ3) is 11.1. The zero-order valence-corrected chi connectivity index (χ0v) is 25.5. The third-order valence-corrected chi connectivity index (χ3v) is 6.69. The number of carbonyl (C=O) groups is 2. The van der Waals surface area contributed by atoms with Crippen LogP contribution in [0.4, 0.5) is 10.5 Å². The molecule has 0 aromatic heterocycles. The molecule has 2 amide bonds. The maximum atomic E-state index is 12.4. The lowest BCUT2D eigenvalue weighted by Crippen LogP contribution is -2.38. The van der Waals surface area contributed by atoms with Gasteiger partial charge in [0.1, 0.15) is 11.4 Å². The Labute approximate surface area is 240 Å².